The SMILES string of the molecule is CC(=O)Nc1ccc(OCC(O)CSc2cc(C(C)(C)C)ccc2C)cc1. The Labute approximate surface area is 166 Å². The Morgan fingerprint density at radius 3 is 2.44 bits per heavy atom. The third-order valence-electron chi connectivity index (χ3n) is 4.10. The second-order valence-corrected chi connectivity index (χ2v) is 8.77. The number of hydrogen-bond donors (Lipinski definition) is 2. The van der Waals surface area contributed by atoms with Crippen LogP contribution in [0.5, 0.6) is 5.75 Å². The fourth-order valence-corrected chi connectivity index (χ4v) is 3.46. The lowest BCUT2D eigenvalue weighted by atomic mass is 9.87. The van der Waals surface area contributed by atoms with Crippen LogP contribution in [-0.2, 0) is 10.2 Å². The van der Waals surface area contributed by atoms with Gasteiger partial charge in [-0.1, -0.05) is 32.9 Å². The molecule has 2 aromatic carbocycles. The van der Waals surface area contributed by atoms with Gasteiger partial charge < -0.3 is 15.2 Å². The first-order valence-electron chi connectivity index (χ1n) is 9.07. The number of nitrogens with one attached hydrogen (secondary N) is 1. The summed E-state index contributed by atoms with van der Waals surface area (Å²) >= 11 is 1.65. The summed E-state index contributed by atoms with van der Waals surface area (Å²) in [5.74, 6) is 1.12. The first-order valence-corrected chi connectivity index (χ1v) is 10.1. The Balaban J connectivity index is 1.86. The zero-order valence-corrected chi connectivity index (χ0v) is 17.5. The maximum atomic E-state index is 11.0. The van der Waals surface area contributed by atoms with E-state index in [2.05, 4.69) is 51.2 Å². The number of anilines is 1. The van der Waals surface area contributed by atoms with Crippen LogP contribution in [0.1, 0.15) is 38.8 Å². The van der Waals surface area contributed by atoms with Crippen molar-refractivity contribution in [2.75, 3.05) is 17.7 Å². The first kappa shape index (κ1) is 21.3. The predicted octanol–water partition coefficient (Wildman–Crippen LogP) is 4.78. The van der Waals surface area contributed by atoms with Gasteiger partial charge in [0.25, 0.3) is 0 Å². The molecular formula is C22H29NO3S. The third kappa shape index (κ3) is 6.92. The van der Waals surface area contributed by atoms with Gasteiger partial charge in [-0.15, -0.1) is 11.8 Å². The van der Waals surface area contributed by atoms with Gasteiger partial charge in [-0.2, -0.15) is 0 Å². The summed E-state index contributed by atoms with van der Waals surface area (Å²) in [6, 6.07) is 13.6. The van der Waals surface area contributed by atoms with Gasteiger partial charge in [0.15, 0.2) is 0 Å². The smallest absolute Gasteiger partial charge is 0.221 e. The lowest BCUT2D eigenvalue weighted by molar-refractivity contribution is -0.114. The molecule has 0 saturated heterocycles. The highest BCUT2D eigenvalue weighted by atomic mass is 32.2. The van der Waals surface area contributed by atoms with Crippen molar-refractivity contribution in [3.8, 4) is 5.75 Å². The van der Waals surface area contributed by atoms with E-state index in [-0.39, 0.29) is 17.9 Å². The van der Waals surface area contributed by atoms with Crippen LogP contribution in [0.25, 0.3) is 0 Å². The number of thioether (sulfide) groups is 1. The minimum absolute atomic E-state index is 0.105. The maximum Gasteiger partial charge on any atom is 0.221 e. The van der Waals surface area contributed by atoms with E-state index in [1.807, 2.05) is 0 Å². The molecule has 1 unspecified atom stereocenters. The largest absolute Gasteiger partial charge is 0.491 e. The van der Waals surface area contributed by atoms with E-state index in [0.717, 1.165) is 5.69 Å². The minimum atomic E-state index is -0.567. The van der Waals surface area contributed by atoms with Gasteiger partial charge in [0.2, 0.25) is 5.91 Å². The topological polar surface area (TPSA) is 58.6 Å². The van der Waals surface area contributed by atoms with Crippen molar-refractivity contribution >= 4 is 23.4 Å². The van der Waals surface area contributed by atoms with Crippen molar-refractivity contribution in [1.29, 1.82) is 0 Å². The molecule has 2 N–H and O–H groups in total. The predicted molar refractivity (Wildman–Crippen MR) is 113 cm³/mol. The highest BCUT2D eigenvalue weighted by Crippen LogP contribution is 2.30. The van der Waals surface area contributed by atoms with Crippen LogP contribution < -0.4 is 10.1 Å². The summed E-state index contributed by atoms with van der Waals surface area (Å²) in [6.45, 7) is 10.4. The molecule has 0 heterocycles. The Morgan fingerprint density at radius 2 is 1.85 bits per heavy atom. The molecule has 0 fully saturated rings. The Hall–Kier alpha value is -1.98. The molecule has 0 saturated carbocycles. The first-order chi connectivity index (χ1) is 12.6. The van der Waals surface area contributed by atoms with Gasteiger partial charge in [0, 0.05) is 23.3 Å². The summed E-state index contributed by atoms with van der Waals surface area (Å²) < 4.78 is 5.65. The quantitative estimate of drug-likeness (QED) is 0.671. The molecular weight excluding hydrogens is 358 g/mol. The number of carbonyl (C=O) groups is 1. The Bertz CT molecular complexity index is 766. The van der Waals surface area contributed by atoms with Gasteiger partial charge in [-0.05, 0) is 53.8 Å². The zero-order valence-electron chi connectivity index (χ0n) is 16.7. The summed E-state index contributed by atoms with van der Waals surface area (Å²) in [7, 11) is 0. The highest BCUT2D eigenvalue weighted by molar-refractivity contribution is 7.99. The number of amides is 1. The molecule has 2 rings (SSSR count). The van der Waals surface area contributed by atoms with E-state index in [0.29, 0.717) is 11.5 Å². The van der Waals surface area contributed by atoms with Crippen molar-refractivity contribution in [3.63, 3.8) is 0 Å². The van der Waals surface area contributed by atoms with E-state index >= 15 is 0 Å². The molecule has 1 atom stereocenters. The van der Waals surface area contributed by atoms with Gasteiger partial charge >= 0.3 is 0 Å². The average molecular weight is 388 g/mol. The molecule has 0 aliphatic carbocycles. The Kier molecular flexibility index (Phi) is 7.33. The van der Waals surface area contributed by atoms with Gasteiger partial charge in [0.05, 0.1) is 6.10 Å². The molecule has 0 spiro atoms. The van der Waals surface area contributed by atoms with E-state index in [1.54, 1.807) is 36.0 Å². The standard InChI is InChI=1S/C22H29NO3S/c1-15-6-7-17(22(3,4)5)12-21(15)27-14-19(25)13-26-20-10-8-18(9-11-20)23-16(2)24/h6-12,19,25H,13-14H2,1-5H3,(H,23,24). The lowest BCUT2D eigenvalue weighted by Crippen LogP contribution is -2.20. The average Bonchev–Trinajstić information content (AvgIpc) is 2.59. The molecule has 27 heavy (non-hydrogen) atoms. The molecule has 0 aliphatic rings. The van der Waals surface area contributed by atoms with Crippen molar-refractivity contribution in [3.05, 3.63) is 53.6 Å². The molecule has 0 radical (unpaired) electrons. The van der Waals surface area contributed by atoms with Gasteiger partial charge in [-0.25, -0.2) is 0 Å². The molecule has 1 amide bonds. The number of carbonyl (C=O) groups excluding carboxylic acids is 1. The van der Waals surface area contributed by atoms with Crippen molar-refractivity contribution < 1.29 is 14.6 Å². The monoisotopic (exact) mass is 387 g/mol. The number of aryl methyl sites for hydroxylation is 1. The number of ether oxygens (including phenoxy) is 1. The van der Waals surface area contributed by atoms with Gasteiger partial charge in [-0.3, -0.25) is 4.79 Å². The number of hydrogen-bond acceptors (Lipinski definition) is 4. The molecule has 4 nitrogen and oxygen atoms in total. The second kappa shape index (κ2) is 9.29. The van der Waals surface area contributed by atoms with E-state index in [9.17, 15) is 9.90 Å². The number of benzene rings is 2. The van der Waals surface area contributed by atoms with Crippen molar-refractivity contribution in [1.82, 2.24) is 0 Å². The van der Waals surface area contributed by atoms with Crippen molar-refractivity contribution in [2.45, 2.75) is 51.0 Å². The van der Waals surface area contributed by atoms with E-state index < -0.39 is 6.10 Å². The molecule has 2 aromatic rings. The summed E-state index contributed by atoms with van der Waals surface area (Å²) in [4.78, 5) is 12.2. The van der Waals surface area contributed by atoms with Crippen LogP contribution >= 0.6 is 11.8 Å². The van der Waals surface area contributed by atoms with Crippen LogP contribution in [0.3, 0.4) is 0 Å². The van der Waals surface area contributed by atoms with E-state index in [1.165, 1.54) is 22.9 Å². The third-order valence-corrected chi connectivity index (χ3v) is 5.40. The van der Waals surface area contributed by atoms with Crippen LogP contribution in [0.15, 0.2) is 47.4 Å². The fraction of sp³-hybridized carbons (Fsp3) is 0.409. The summed E-state index contributed by atoms with van der Waals surface area (Å²) in [5, 5.41) is 13.0. The number of aliphatic hydroxyl groups is 1. The summed E-state index contributed by atoms with van der Waals surface area (Å²) in [5.41, 5.74) is 3.34. The highest BCUT2D eigenvalue weighted by Gasteiger charge is 2.15. The van der Waals surface area contributed by atoms with Crippen LogP contribution in [-0.4, -0.2) is 29.5 Å². The normalized spacial score (nSPS) is 12.5. The molecule has 0 bridgehead atoms. The fourth-order valence-electron chi connectivity index (χ4n) is 2.49. The molecule has 0 aliphatic heterocycles. The van der Waals surface area contributed by atoms with Crippen LogP contribution in [0.4, 0.5) is 5.69 Å². The van der Waals surface area contributed by atoms with E-state index in [4.69, 9.17) is 4.74 Å². The van der Waals surface area contributed by atoms with Gasteiger partial charge in [0.1, 0.15) is 12.4 Å². The molecule has 0 aromatic heterocycles. The van der Waals surface area contributed by atoms with Crippen molar-refractivity contribution in [2.24, 2.45) is 0 Å². The van der Waals surface area contributed by atoms with Crippen LogP contribution in [0.2, 0.25) is 0 Å². The second-order valence-electron chi connectivity index (χ2n) is 7.71. The lowest BCUT2D eigenvalue weighted by Gasteiger charge is -2.21. The number of aliphatic hydroxyl groups excluding tert-OH is 1. The van der Waals surface area contributed by atoms with Crippen LogP contribution in [0, 0.1) is 6.92 Å². The maximum absolute atomic E-state index is 11.0. The zero-order chi connectivity index (χ0) is 20.0. The number of rotatable bonds is 7. The summed E-state index contributed by atoms with van der Waals surface area (Å²) in [6.07, 6.45) is -0.567. The minimum Gasteiger partial charge on any atom is -0.491 e. The molecule has 146 valence electrons. The Morgan fingerprint density at radius 1 is 1.19 bits per heavy atom. The molecule has 5 heteroatoms.